The molecule has 8 heteroatoms. The molecule has 2 rings (SSSR count). The van der Waals surface area contributed by atoms with Crippen molar-refractivity contribution in [3.05, 3.63) is 23.8 Å². The number of nitrogens with one attached hydrogen (secondary N) is 2. The first-order valence-corrected chi connectivity index (χ1v) is 9.17. The average molecular weight is 492 g/mol. The first-order chi connectivity index (χ1) is 12.5. The van der Waals surface area contributed by atoms with Crippen LogP contribution in [0.3, 0.4) is 0 Å². The van der Waals surface area contributed by atoms with E-state index < -0.39 is 0 Å². The molecule has 1 aromatic carbocycles. The standard InChI is InChI=1S/C19H32N4O3.HI/c1-14(2)17(23-7-9-26-10-8-23)13-22-19(20-3)21-12-15-11-16(25-4)5-6-18(15)24;/h5-6,11,14,17,24H,7-10,12-13H2,1-4H3,(H2,20,21,22);1H. The molecule has 1 atom stereocenters. The van der Waals surface area contributed by atoms with Crippen LogP contribution in [0.15, 0.2) is 23.2 Å². The summed E-state index contributed by atoms with van der Waals surface area (Å²) < 4.78 is 10.7. The van der Waals surface area contributed by atoms with Crippen LogP contribution in [-0.4, -0.2) is 69.0 Å². The van der Waals surface area contributed by atoms with Crippen LogP contribution in [0.4, 0.5) is 0 Å². The molecule has 1 aromatic rings. The number of hydrogen-bond donors (Lipinski definition) is 3. The van der Waals surface area contributed by atoms with Crippen LogP contribution < -0.4 is 15.4 Å². The average Bonchev–Trinajstić information content (AvgIpc) is 2.66. The second kappa shape index (κ2) is 12.2. The molecule has 3 N–H and O–H groups in total. The summed E-state index contributed by atoms with van der Waals surface area (Å²) in [5.74, 6) is 2.20. The Morgan fingerprint density at radius 2 is 2.00 bits per heavy atom. The fourth-order valence-electron chi connectivity index (χ4n) is 3.13. The highest BCUT2D eigenvalue weighted by molar-refractivity contribution is 14.0. The Balaban J connectivity index is 0.00000364. The van der Waals surface area contributed by atoms with Gasteiger partial charge in [-0.15, -0.1) is 24.0 Å². The van der Waals surface area contributed by atoms with Crippen LogP contribution in [0.25, 0.3) is 0 Å². The molecule has 0 spiro atoms. The SMILES string of the molecule is CN=C(NCc1cc(OC)ccc1O)NCC(C(C)C)N1CCOCC1.I. The van der Waals surface area contributed by atoms with Crippen molar-refractivity contribution in [3.63, 3.8) is 0 Å². The molecule has 1 aliphatic rings. The monoisotopic (exact) mass is 492 g/mol. The summed E-state index contributed by atoms with van der Waals surface area (Å²) in [4.78, 5) is 6.76. The molecule has 0 aromatic heterocycles. The highest BCUT2D eigenvalue weighted by Gasteiger charge is 2.23. The highest BCUT2D eigenvalue weighted by atomic mass is 127. The Bertz CT molecular complexity index is 592. The van der Waals surface area contributed by atoms with Crippen molar-refractivity contribution in [3.8, 4) is 11.5 Å². The molecule has 154 valence electrons. The van der Waals surface area contributed by atoms with Gasteiger partial charge in [-0.05, 0) is 24.1 Å². The number of ether oxygens (including phenoxy) is 2. The largest absolute Gasteiger partial charge is 0.508 e. The van der Waals surface area contributed by atoms with E-state index in [0.717, 1.165) is 44.2 Å². The van der Waals surface area contributed by atoms with Crippen molar-refractivity contribution in [2.45, 2.75) is 26.4 Å². The second-order valence-electron chi connectivity index (χ2n) is 6.76. The lowest BCUT2D eigenvalue weighted by molar-refractivity contribution is 0.00752. The van der Waals surface area contributed by atoms with Gasteiger partial charge in [0.25, 0.3) is 0 Å². The van der Waals surface area contributed by atoms with E-state index in [1.165, 1.54) is 0 Å². The summed E-state index contributed by atoms with van der Waals surface area (Å²) >= 11 is 0. The van der Waals surface area contributed by atoms with Crippen LogP contribution >= 0.6 is 24.0 Å². The number of nitrogens with zero attached hydrogens (tertiary/aromatic N) is 2. The number of hydrogen-bond acceptors (Lipinski definition) is 5. The molecule has 1 fully saturated rings. The number of methoxy groups -OCH3 is 1. The number of morpholine rings is 1. The minimum Gasteiger partial charge on any atom is -0.508 e. The molecule has 0 bridgehead atoms. The number of halogens is 1. The van der Waals surface area contributed by atoms with Gasteiger partial charge < -0.3 is 25.2 Å². The molecule has 0 aliphatic carbocycles. The molecule has 1 heterocycles. The summed E-state index contributed by atoms with van der Waals surface area (Å²) in [7, 11) is 3.36. The molecular weight excluding hydrogens is 459 g/mol. The van der Waals surface area contributed by atoms with Gasteiger partial charge in [-0.2, -0.15) is 0 Å². The van der Waals surface area contributed by atoms with Gasteiger partial charge in [-0.25, -0.2) is 0 Å². The van der Waals surface area contributed by atoms with Gasteiger partial charge in [0.15, 0.2) is 5.96 Å². The maximum atomic E-state index is 10.0. The van der Waals surface area contributed by atoms with Gasteiger partial charge in [0.05, 0.1) is 20.3 Å². The lowest BCUT2D eigenvalue weighted by atomic mass is 10.0. The zero-order valence-corrected chi connectivity index (χ0v) is 19.0. The van der Waals surface area contributed by atoms with E-state index in [1.807, 2.05) is 6.07 Å². The molecule has 7 nitrogen and oxygen atoms in total. The summed E-state index contributed by atoms with van der Waals surface area (Å²) in [5, 5.41) is 16.7. The van der Waals surface area contributed by atoms with Crippen LogP contribution in [0, 0.1) is 5.92 Å². The van der Waals surface area contributed by atoms with E-state index >= 15 is 0 Å². The van der Waals surface area contributed by atoms with E-state index in [2.05, 4.69) is 34.4 Å². The molecule has 0 amide bonds. The first-order valence-electron chi connectivity index (χ1n) is 9.17. The Morgan fingerprint density at radius 3 is 2.59 bits per heavy atom. The number of phenols is 1. The van der Waals surface area contributed by atoms with Crippen LogP contribution in [0.1, 0.15) is 19.4 Å². The van der Waals surface area contributed by atoms with E-state index in [4.69, 9.17) is 9.47 Å². The van der Waals surface area contributed by atoms with Crippen molar-refractivity contribution in [2.75, 3.05) is 47.0 Å². The van der Waals surface area contributed by atoms with Crippen molar-refractivity contribution in [1.29, 1.82) is 0 Å². The van der Waals surface area contributed by atoms with Gasteiger partial charge in [0, 0.05) is 44.8 Å². The Morgan fingerprint density at radius 1 is 1.30 bits per heavy atom. The predicted octanol–water partition coefficient (Wildman–Crippen LogP) is 2.04. The molecular formula is C19H33IN4O3. The molecule has 27 heavy (non-hydrogen) atoms. The van der Waals surface area contributed by atoms with Crippen molar-refractivity contribution in [2.24, 2.45) is 10.9 Å². The van der Waals surface area contributed by atoms with Crippen molar-refractivity contribution < 1.29 is 14.6 Å². The zero-order valence-electron chi connectivity index (χ0n) is 16.7. The smallest absolute Gasteiger partial charge is 0.191 e. The quantitative estimate of drug-likeness (QED) is 0.307. The van der Waals surface area contributed by atoms with Gasteiger partial charge in [0.2, 0.25) is 0 Å². The summed E-state index contributed by atoms with van der Waals surface area (Å²) in [6, 6.07) is 5.61. The van der Waals surface area contributed by atoms with E-state index in [0.29, 0.717) is 24.5 Å². The Hall–Kier alpha value is -1.26. The normalized spacial score (nSPS) is 16.6. The molecule has 0 radical (unpaired) electrons. The number of benzene rings is 1. The predicted molar refractivity (Wildman–Crippen MR) is 119 cm³/mol. The van der Waals surface area contributed by atoms with Gasteiger partial charge in [-0.3, -0.25) is 9.89 Å². The fraction of sp³-hybridized carbons (Fsp3) is 0.632. The minimum atomic E-state index is 0. The maximum Gasteiger partial charge on any atom is 0.191 e. The second-order valence-corrected chi connectivity index (χ2v) is 6.76. The minimum absolute atomic E-state index is 0. The van der Waals surface area contributed by atoms with Crippen molar-refractivity contribution in [1.82, 2.24) is 15.5 Å². The third-order valence-corrected chi connectivity index (χ3v) is 4.72. The molecule has 1 unspecified atom stereocenters. The summed E-state index contributed by atoms with van der Waals surface area (Å²) in [6.07, 6.45) is 0. The zero-order chi connectivity index (χ0) is 18.9. The molecule has 1 aliphatic heterocycles. The first kappa shape index (κ1) is 23.8. The third-order valence-electron chi connectivity index (χ3n) is 4.72. The summed E-state index contributed by atoms with van der Waals surface area (Å²) in [5.41, 5.74) is 0.765. The lowest BCUT2D eigenvalue weighted by Gasteiger charge is -2.37. The number of aliphatic imine (C=N–C) groups is 1. The summed E-state index contributed by atoms with van der Waals surface area (Å²) in [6.45, 7) is 9.28. The van der Waals surface area contributed by atoms with Gasteiger partial charge in [0.1, 0.15) is 11.5 Å². The Labute approximate surface area is 179 Å². The number of rotatable bonds is 7. The van der Waals surface area contributed by atoms with Crippen molar-refractivity contribution >= 4 is 29.9 Å². The number of phenolic OH excluding ortho intramolecular Hbond substituents is 1. The van der Waals surface area contributed by atoms with Crippen LogP contribution in [-0.2, 0) is 11.3 Å². The van der Waals surface area contributed by atoms with Crippen LogP contribution in [0.2, 0.25) is 0 Å². The maximum absolute atomic E-state index is 10.0. The highest BCUT2D eigenvalue weighted by Crippen LogP contribution is 2.22. The third kappa shape index (κ3) is 7.34. The topological polar surface area (TPSA) is 78.4 Å². The number of aromatic hydroxyl groups is 1. The van der Waals surface area contributed by atoms with E-state index in [1.54, 1.807) is 26.3 Å². The molecule has 0 saturated carbocycles. The van der Waals surface area contributed by atoms with Gasteiger partial charge in [-0.1, -0.05) is 13.8 Å². The lowest BCUT2D eigenvalue weighted by Crippen LogP contribution is -2.52. The Kier molecular flexibility index (Phi) is 10.8. The number of guanidine groups is 1. The van der Waals surface area contributed by atoms with E-state index in [-0.39, 0.29) is 29.7 Å². The molecule has 1 saturated heterocycles. The fourth-order valence-corrected chi connectivity index (χ4v) is 3.13. The van der Waals surface area contributed by atoms with E-state index in [9.17, 15) is 5.11 Å². The van der Waals surface area contributed by atoms with Gasteiger partial charge >= 0.3 is 0 Å². The van der Waals surface area contributed by atoms with Crippen LogP contribution in [0.5, 0.6) is 11.5 Å².